The number of fused-ring (bicyclic) bond motifs is 1. The molecule has 3 heterocycles. The Hall–Kier alpha value is -3.80. The second-order valence-electron chi connectivity index (χ2n) is 6.01. The fraction of sp³-hybridized carbons (Fsp3) is 0.0476. The molecule has 6 nitrogen and oxygen atoms in total. The first kappa shape index (κ1) is 16.7. The summed E-state index contributed by atoms with van der Waals surface area (Å²) in [6, 6.07) is 18.7. The van der Waals surface area contributed by atoms with Crippen LogP contribution >= 0.6 is 0 Å². The number of hydrazone groups is 1. The molecule has 3 aromatic heterocycles. The highest BCUT2D eigenvalue weighted by Crippen LogP contribution is 2.23. The number of carbonyl (C=O) groups is 1. The van der Waals surface area contributed by atoms with E-state index in [1.807, 2.05) is 67.7 Å². The van der Waals surface area contributed by atoms with Crippen molar-refractivity contribution in [1.82, 2.24) is 20.4 Å². The van der Waals surface area contributed by atoms with E-state index in [1.165, 1.54) is 0 Å². The van der Waals surface area contributed by atoms with Crippen molar-refractivity contribution < 1.29 is 4.79 Å². The van der Waals surface area contributed by atoms with Crippen LogP contribution < -0.4 is 5.43 Å². The predicted octanol–water partition coefficient (Wildman–Crippen LogP) is 3.78. The first-order chi connectivity index (χ1) is 13.2. The second-order valence-corrected chi connectivity index (χ2v) is 6.01. The lowest BCUT2D eigenvalue weighted by atomic mass is 10.1. The van der Waals surface area contributed by atoms with Gasteiger partial charge >= 0.3 is 0 Å². The number of hydrogen-bond acceptors (Lipinski definition) is 4. The van der Waals surface area contributed by atoms with Crippen LogP contribution in [0.25, 0.3) is 22.3 Å². The van der Waals surface area contributed by atoms with E-state index < -0.39 is 0 Å². The van der Waals surface area contributed by atoms with E-state index >= 15 is 0 Å². The monoisotopic (exact) mass is 355 g/mol. The number of aromatic amines is 1. The number of hydrogen-bond donors (Lipinski definition) is 2. The molecule has 2 N–H and O–H groups in total. The standard InChI is InChI=1S/C21H17N5O/c1-14(17-10-6-12-22-17)25-26-21(27)16-13-20(19-9-4-5-11-23-19)24-18-8-3-2-7-15(16)18/h2-13,22H,1H3,(H,26,27). The van der Waals surface area contributed by atoms with Crippen molar-refractivity contribution in [3.8, 4) is 11.4 Å². The van der Waals surface area contributed by atoms with Gasteiger partial charge in [-0.05, 0) is 43.3 Å². The van der Waals surface area contributed by atoms with Crippen LogP contribution in [-0.4, -0.2) is 26.6 Å². The van der Waals surface area contributed by atoms with Crippen LogP contribution in [0.1, 0.15) is 23.0 Å². The van der Waals surface area contributed by atoms with Crippen LogP contribution in [0.2, 0.25) is 0 Å². The summed E-state index contributed by atoms with van der Waals surface area (Å²) in [5, 5.41) is 4.97. The number of benzene rings is 1. The summed E-state index contributed by atoms with van der Waals surface area (Å²) >= 11 is 0. The van der Waals surface area contributed by atoms with Crippen molar-refractivity contribution in [1.29, 1.82) is 0 Å². The number of aromatic nitrogens is 3. The number of amides is 1. The summed E-state index contributed by atoms with van der Waals surface area (Å²) < 4.78 is 0. The summed E-state index contributed by atoms with van der Waals surface area (Å²) in [5.41, 5.74) is 6.77. The van der Waals surface area contributed by atoms with E-state index in [0.717, 1.165) is 16.6 Å². The third-order valence-electron chi connectivity index (χ3n) is 4.20. The molecule has 1 amide bonds. The van der Waals surface area contributed by atoms with Gasteiger partial charge in [-0.2, -0.15) is 5.10 Å². The first-order valence-electron chi connectivity index (χ1n) is 8.52. The Bertz CT molecular complexity index is 1120. The number of nitrogens with one attached hydrogen (secondary N) is 2. The zero-order valence-corrected chi connectivity index (χ0v) is 14.7. The summed E-state index contributed by atoms with van der Waals surface area (Å²) in [4.78, 5) is 24.9. The molecule has 0 saturated carbocycles. The van der Waals surface area contributed by atoms with Crippen molar-refractivity contribution >= 4 is 22.5 Å². The summed E-state index contributed by atoms with van der Waals surface area (Å²) in [6.07, 6.45) is 3.52. The Morgan fingerprint density at radius 2 is 1.89 bits per heavy atom. The van der Waals surface area contributed by atoms with E-state index in [1.54, 1.807) is 12.3 Å². The SMILES string of the molecule is CC(=NNC(=O)c1cc(-c2ccccn2)nc2ccccc12)c1ccc[nH]1. The average molecular weight is 355 g/mol. The number of carbonyl (C=O) groups excluding carboxylic acids is 1. The van der Waals surface area contributed by atoms with Crippen molar-refractivity contribution in [3.63, 3.8) is 0 Å². The van der Waals surface area contributed by atoms with Crippen molar-refractivity contribution in [2.24, 2.45) is 5.10 Å². The highest BCUT2D eigenvalue weighted by molar-refractivity contribution is 6.07. The van der Waals surface area contributed by atoms with Crippen molar-refractivity contribution in [3.05, 3.63) is 84.3 Å². The largest absolute Gasteiger partial charge is 0.360 e. The van der Waals surface area contributed by atoms with Crippen LogP contribution in [-0.2, 0) is 0 Å². The van der Waals surface area contributed by atoms with E-state index in [-0.39, 0.29) is 5.91 Å². The molecule has 0 aliphatic carbocycles. The molecule has 4 rings (SSSR count). The van der Waals surface area contributed by atoms with Crippen LogP contribution in [0.3, 0.4) is 0 Å². The maximum absolute atomic E-state index is 12.8. The van der Waals surface area contributed by atoms with E-state index in [0.29, 0.717) is 22.7 Å². The molecular formula is C21H17N5O. The predicted molar refractivity (Wildman–Crippen MR) is 105 cm³/mol. The first-order valence-corrected chi connectivity index (χ1v) is 8.52. The highest BCUT2D eigenvalue weighted by Gasteiger charge is 2.14. The Morgan fingerprint density at radius 3 is 2.67 bits per heavy atom. The molecule has 0 saturated heterocycles. The van der Waals surface area contributed by atoms with Crippen LogP contribution in [0.4, 0.5) is 0 Å². The van der Waals surface area contributed by atoms with Gasteiger partial charge < -0.3 is 4.98 Å². The molecule has 0 spiro atoms. The minimum absolute atomic E-state index is 0.295. The summed E-state index contributed by atoms with van der Waals surface area (Å²) in [7, 11) is 0. The number of nitrogens with zero attached hydrogens (tertiary/aromatic N) is 3. The normalized spacial score (nSPS) is 11.5. The third-order valence-corrected chi connectivity index (χ3v) is 4.20. The lowest BCUT2D eigenvalue weighted by Crippen LogP contribution is -2.20. The van der Waals surface area contributed by atoms with Gasteiger partial charge in [0, 0.05) is 17.8 Å². The quantitative estimate of drug-likeness (QED) is 0.432. The molecule has 0 aliphatic heterocycles. The molecule has 0 unspecified atom stereocenters. The number of para-hydroxylation sites is 1. The van der Waals surface area contributed by atoms with Crippen LogP contribution in [0.5, 0.6) is 0 Å². The number of rotatable bonds is 4. The van der Waals surface area contributed by atoms with Gasteiger partial charge in [-0.1, -0.05) is 24.3 Å². The molecule has 0 bridgehead atoms. The van der Waals surface area contributed by atoms with Gasteiger partial charge in [0.05, 0.1) is 33.9 Å². The Kier molecular flexibility index (Phi) is 4.45. The Labute approximate surface area is 156 Å². The van der Waals surface area contributed by atoms with E-state index in [2.05, 4.69) is 25.5 Å². The smallest absolute Gasteiger partial charge is 0.272 e. The van der Waals surface area contributed by atoms with E-state index in [9.17, 15) is 4.79 Å². The van der Waals surface area contributed by atoms with E-state index in [4.69, 9.17) is 0 Å². The van der Waals surface area contributed by atoms with Gasteiger partial charge in [0.1, 0.15) is 0 Å². The fourth-order valence-corrected chi connectivity index (χ4v) is 2.82. The summed E-state index contributed by atoms with van der Waals surface area (Å²) in [5.74, 6) is -0.295. The fourth-order valence-electron chi connectivity index (χ4n) is 2.82. The molecule has 27 heavy (non-hydrogen) atoms. The van der Waals surface area contributed by atoms with Crippen LogP contribution in [0, 0.1) is 0 Å². The second kappa shape index (κ2) is 7.21. The molecule has 0 aliphatic rings. The maximum atomic E-state index is 12.8. The molecule has 6 heteroatoms. The number of pyridine rings is 2. The van der Waals surface area contributed by atoms with Gasteiger partial charge in [0.2, 0.25) is 0 Å². The highest BCUT2D eigenvalue weighted by atomic mass is 16.2. The van der Waals surface area contributed by atoms with Crippen molar-refractivity contribution in [2.45, 2.75) is 6.92 Å². The zero-order valence-electron chi connectivity index (χ0n) is 14.7. The Morgan fingerprint density at radius 1 is 1.04 bits per heavy atom. The molecule has 0 fully saturated rings. The zero-order chi connectivity index (χ0) is 18.6. The van der Waals surface area contributed by atoms with Gasteiger partial charge in [0.15, 0.2) is 0 Å². The van der Waals surface area contributed by atoms with Gasteiger partial charge in [0.25, 0.3) is 5.91 Å². The lowest BCUT2D eigenvalue weighted by Gasteiger charge is -2.09. The minimum Gasteiger partial charge on any atom is -0.360 e. The number of H-pyrrole nitrogens is 1. The third kappa shape index (κ3) is 3.46. The molecule has 4 aromatic rings. The summed E-state index contributed by atoms with van der Waals surface area (Å²) in [6.45, 7) is 1.83. The maximum Gasteiger partial charge on any atom is 0.272 e. The van der Waals surface area contributed by atoms with Crippen molar-refractivity contribution in [2.75, 3.05) is 0 Å². The van der Waals surface area contributed by atoms with Gasteiger partial charge in [-0.3, -0.25) is 9.78 Å². The topological polar surface area (TPSA) is 83.0 Å². The van der Waals surface area contributed by atoms with Gasteiger partial charge in [-0.15, -0.1) is 0 Å². The molecule has 0 radical (unpaired) electrons. The van der Waals surface area contributed by atoms with Gasteiger partial charge in [-0.25, -0.2) is 10.4 Å². The molecule has 0 atom stereocenters. The lowest BCUT2D eigenvalue weighted by molar-refractivity contribution is 0.0956. The minimum atomic E-state index is -0.295. The van der Waals surface area contributed by atoms with Crippen LogP contribution in [0.15, 0.2) is 78.2 Å². The molecule has 1 aromatic carbocycles. The molecular weight excluding hydrogens is 338 g/mol. The Balaban J connectivity index is 1.73. The molecule has 132 valence electrons. The average Bonchev–Trinajstić information content (AvgIpc) is 3.26.